The number of amides is 2. The molecule has 3 atom stereocenters. The predicted molar refractivity (Wildman–Crippen MR) is 74.4 cm³/mol. The first-order valence-corrected chi connectivity index (χ1v) is 7.65. The van der Waals surface area contributed by atoms with Crippen LogP contribution in [0.15, 0.2) is 0 Å². The summed E-state index contributed by atoms with van der Waals surface area (Å²) in [5, 5.41) is 23.3. The van der Waals surface area contributed by atoms with E-state index >= 15 is 0 Å². The zero-order valence-electron chi connectivity index (χ0n) is 11.1. The Morgan fingerprint density at radius 3 is 2.74 bits per heavy atom. The summed E-state index contributed by atoms with van der Waals surface area (Å²) in [4.78, 5) is 22.6. The molecular weight excluding hydrogens is 268 g/mol. The number of carbonyl (C=O) groups is 2. The zero-order chi connectivity index (χ0) is 14.3. The SMILES string of the molecule is CCSC1CCCC1NC(=O)N[C@@H](CCO)C(=O)O. The fourth-order valence-electron chi connectivity index (χ4n) is 2.26. The van der Waals surface area contributed by atoms with Gasteiger partial charge < -0.3 is 20.8 Å². The largest absolute Gasteiger partial charge is 0.480 e. The highest BCUT2D eigenvalue weighted by Gasteiger charge is 2.29. The number of hydrogen-bond donors (Lipinski definition) is 4. The van der Waals surface area contributed by atoms with Crippen LogP contribution in [0.5, 0.6) is 0 Å². The molecule has 1 aliphatic rings. The van der Waals surface area contributed by atoms with Crippen molar-refractivity contribution in [2.24, 2.45) is 0 Å². The highest BCUT2D eigenvalue weighted by atomic mass is 32.2. The maximum atomic E-state index is 11.8. The Morgan fingerprint density at radius 1 is 1.42 bits per heavy atom. The fraction of sp³-hybridized carbons (Fsp3) is 0.833. The van der Waals surface area contributed by atoms with E-state index in [1.54, 1.807) is 0 Å². The lowest BCUT2D eigenvalue weighted by atomic mass is 10.2. The number of thioether (sulfide) groups is 1. The molecule has 6 nitrogen and oxygen atoms in total. The molecule has 0 aliphatic heterocycles. The first-order valence-electron chi connectivity index (χ1n) is 6.60. The Balaban J connectivity index is 2.43. The molecule has 0 bridgehead atoms. The van der Waals surface area contributed by atoms with Crippen molar-refractivity contribution in [3.63, 3.8) is 0 Å². The quantitative estimate of drug-likeness (QED) is 0.556. The average molecular weight is 290 g/mol. The molecule has 4 N–H and O–H groups in total. The van der Waals surface area contributed by atoms with Gasteiger partial charge in [0.25, 0.3) is 0 Å². The van der Waals surface area contributed by atoms with E-state index in [2.05, 4.69) is 17.6 Å². The highest BCUT2D eigenvalue weighted by molar-refractivity contribution is 7.99. The Morgan fingerprint density at radius 2 is 2.16 bits per heavy atom. The molecule has 1 aliphatic carbocycles. The van der Waals surface area contributed by atoms with Crippen LogP contribution in [0.1, 0.15) is 32.6 Å². The summed E-state index contributed by atoms with van der Waals surface area (Å²) >= 11 is 1.83. The number of rotatable bonds is 7. The van der Waals surface area contributed by atoms with Crippen LogP contribution in [-0.4, -0.2) is 51.9 Å². The van der Waals surface area contributed by atoms with Gasteiger partial charge in [-0.2, -0.15) is 11.8 Å². The Hall–Kier alpha value is -0.950. The molecule has 0 aromatic rings. The number of nitrogens with one attached hydrogen (secondary N) is 2. The van der Waals surface area contributed by atoms with Gasteiger partial charge in [0.1, 0.15) is 6.04 Å². The third kappa shape index (κ3) is 5.28. The van der Waals surface area contributed by atoms with Gasteiger partial charge in [0.15, 0.2) is 0 Å². The van der Waals surface area contributed by atoms with Crippen molar-refractivity contribution in [1.29, 1.82) is 0 Å². The van der Waals surface area contributed by atoms with Crippen LogP contribution in [-0.2, 0) is 4.79 Å². The number of urea groups is 1. The third-order valence-corrected chi connectivity index (χ3v) is 4.50. The van der Waals surface area contributed by atoms with Crippen LogP contribution in [0.25, 0.3) is 0 Å². The lowest BCUT2D eigenvalue weighted by Crippen LogP contribution is -2.50. The number of aliphatic hydroxyl groups is 1. The Kier molecular flexibility index (Phi) is 7.01. The molecule has 7 heteroatoms. The van der Waals surface area contributed by atoms with Crippen molar-refractivity contribution in [2.45, 2.75) is 49.9 Å². The van der Waals surface area contributed by atoms with E-state index < -0.39 is 18.0 Å². The Bertz CT molecular complexity index is 314. The summed E-state index contributed by atoms with van der Waals surface area (Å²) in [7, 11) is 0. The molecule has 0 aromatic heterocycles. The zero-order valence-corrected chi connectivity index (χ0v) is 11.9. The highest BCUT2D eigenvalue weighted by Crippen LogP contribution is 2.29. The van der Waals surface area contributed by atoms with Crippen molar-refractivity contribution in [2.75, 3.05) is 12.4 Å². The molecule has 110 valence electrons. The average Bonchev–Trinajstić information content (AvgIpc) is 2.76. The second-order valence-electron chi connectivity index (χ2n) is 4.55. The smallest absolute Gasteiger partial charge is 0.326 e. The molecule has 2 unspecified atom stereocenters. The van der Waals surface area contributed by atoms with Gasteiger partial charge in [-0.25, -0.2) is 9.59 Å². The normalized spacial score (nSPS) is 23.9. The number of carbonyl (C=O) groups excluding carboxylic acids is 1. The van der Waals surface area contributed by atoms with Crippen molar-refractivity contribution < 1.29 is 19.8 Å². The number of aliphatic hydroxyl groups excluding tert-OH is 1. The van der Waals surface area contributed by atoms with Crippen LogP contribution < -0.4 is 10.6 Å². The second kappa shape index (κ2) is 8.27. The van der Waals surface area contributed by atoms with E-state index in [1.807, 2.05) is 11.8 Å². The minimum absolute atomic E-state index is 0.0144. The first kappa shape index (κ1) is 16.1. The summed E-state index contributed by atoms with van der Waals surface area (Å²) in [6.45, 7) is 1.82. The monoisotopic (exact) mass is 290 g/mol. The molecule has 2 amide bonds. The fourth-order valence-corrected chi connectivity index (χ4v) is 3.46. The molecule has 0 radical (unpaired) electrons. The van der Waals surface area contributed by atoms with E-state index in [0.717, 1.165) is 25.0 Å². The minimum atomic E-state index is -1.13. The summed E-state index contributed by atoms with van der Waals surface area (Å²) in [5.74, 6) is -0.123. The van der Waals surface area contributed by atoms with Crippen LogP contribution in [0.4, 0.5) is 4.79 Å². The van der Waals surface area contributed by atoms with Gasteiger partial charge in [-0.05, 0) is 18.6 Å². The van der Waals surface area contributed by atoms with E-state index in [0.29, 0.717) is 5.25 Å². The molecule has 1 saturated carbocycles. The standard InChI is InChI=1S/C12H22N2O4S/c1-2-19-10-5-3-4-8(10)13-12(18)14-9(6-7-15)11(16)17/h8-10,15H,2-7H2,1H3,(H,16,17)(H2,13,14,18)/t8?,9-,10?/m0/s1. The molecule has 0 spiro atoms. The molecule has 0 saturated heterocycles. The lowest BCUT2D eigenvalue weighted by Gasteiger charge is -2.22. The molecular formula is C12H22N2O4S. The number of carboxylic acid groups (broad SMARTS) is 1. The van der Waals surface area contributed by atoms with Gasteiger partial charge >= 0.3 is 12.0 Å². The molecule has 0 heterocycles. The van der Waals surface area contributed by atoms with Crippen LogP contribution in [0.2, 0.25) is 0 Å². The van der Waals surface area contributed by atoms with Crippen molar-refractivity contribution in [1.82, 2.24) is 10.6 Å². The maximum absolute atomic E-state index is 11.8. The predicted octanol–water partition coefficient (Wildman–Crippen LogP) is 0.795. The van der Waals surface area contributed by atoms with Gasteiger partial charge in [-0.3, -0.25) is 0 Å². The van der Waals surface area contributed by atoms with Gasteiger partial charge in [-0.1, -0.05) is 13.3 Å². The van der Waals surface area contributed by atoms with Crippen molar-refractivity contribution in [3.8, 4) is 0 Å². The number of aliphatic carboxylic acids is 1. The molecule has 1 fully saturated rings. The number of carboxylic acids is 1. The summed E-state index contributed by atoms with van der Waals surface area (Å²) < 4.78 is 0. The van der Waals surface area contributed by atoms with E-state index in [-0.39, 0.29) is 19.1 Å². The van der Waals surface area contributed by atoms with Gasteiger partial charge in [0.05, 0.1) is 0 Å². The number of hydrogen-bond acceptors (Lipinski definition) is 4. The van der Waals surface area contributed by atoms with Gasteiger partial charge in [0.2, 0.25) is 0 Å². The van der Waals surface area contributed by atoms with E-state index in [9.17, 15) is 9.59 Å². The van der Waals surface area contributed by atoms with E-state index in [1.165, 1.54) is 0 Å². The van der Waals surface area contributed by atoms with E-state index in [4.69, 9.17) is 10.2 Å². The molecule has 19 heavy (non-hydrogen) atoms. The van der Waals surface area contributed by atoms with Crippen LogP contribution in [0.3, 0.4) is 0 Å². The summed E-state index contributed by atoms with van der Waals surface area (Å²) in [6.07, 6.45) is 3.12. The Labute approximate surface area is 117 Å². The van der Waals surface area contributed by atoms with Crippen LogP contribution >= 0.6 is 11.8 Å². The van der Waals surface area contributed by atoms with Crippen molar-refractivity contribution >= 4 is 23.8 Å². The maximum Gasteiger partial charge on any atom is 0.326 e. The minimum Gasteiger partial charge on any atom is -0.480 e. The second-order valence-corrected chi connectivity index (χ2v) is 6.07. The summed E-state index contributed by atoms with van der Waals surface area (Å²) in [5.41, 5.74) is 0. The van der Waals surface area contributed by atoms with Gasteiger partial charge in [0, 0.05) is 24.3 Å². The topological polar surface area (TPSA) is 98.7 Å². The molecule has 1 rings (SSSR count). The van der Waals surface area contributed by atoms with Gasteiger partial charge in [-0.15, -0.1) is 0 Å². The van der Waals surface area contributed by atoms with Crippen molar-refractivity contribution in [3.05, 3.63) is 0 Å². The van der Waals surface area contributed by atoms with Crippen LogP contribution in [0, 0.1) is 0 Å². The lowest BCUT2D eigenvalue weighted by molar-refractivity contribution is -0.139. The molecule has 0 aromatic carbocycles. The first-order chi connectivity index (χ1) is 9.08. The summed E-state index contributed by atoms with van der Waals surface area (Å²) in [6, 6.07) is -1.40. The third-order valence-electron chi connectivity index (χ3n) is 3.17.